The molecule has 1 N–H and O–H groups in total. The number of benzene rings is 2. The van der Waals surface area contributed by atoms with Crippen LogP contribution in [0.4, 0.5) is 19.3 Å². The number of piperidine rings is 1. The lowest BCUT2D eigenvalue weighted by atomic mass is 9.99. The van der Waals surface area contributed by atoms with Crippen LogP contribution >= 0.6 is 11.6 Å². The summed E-state index contributed by atoms with van der Waals surface area (Å²) in [6.07, 6.45) is -1.79. The van der Waals surface area contributed by atoms with Crippen molar-refractivity contribution in [3.05, 3.63) is 59.4 Å². The van der Waals surface area contributed by atoms with Gasteiger partial charge in [-0.25, -0.2) is 22.0 Å². The molecule has 0 aromatic heterocycles. The van der Waals surface area contributed by atoms with Crippen molar-refractivity contribution >= 4 is 33.3 Å². The molecule has 2 unspecified atom stereocenters. The molecule has 0 saturated carbocycles. The highest BCUT2D eigenvalue weighted by molar-refractivity contribution is 7.89. The summed E-state index contributed by atoms with van der Waals surface area (Å²) >= 11 is 5.72. The Morgan fingerprint density at radius 2 is 1.94 bits per heavy atom. The van der Waals surface area contributed by atoms with Gasteiger partial charge in [0.15, 0.2) is 11.9 Å². The molecular formula is C20H20ClF2N3O4S. The quantitative estimate of drug-likeness (QED) is 0.743. The Balaban J connectivity index is 1.50. The number of alkyl halides is 1. The minimum absolute atomic E-state index is 0.0257. The van der Waals surface area contributed by atoms with E-state index in [0.717, 1.165) is 10.4 Å². The molecule has 2 aliphatic heterocycles. The first-order valence-electron chi connectivity index (χ1n) is 9.61. The molecule has 4 rings (SSSR count). The van der Waals surface area contributed by atoms with Gasteiger partial charge >= 0.3 is 6.03 Å². The number of anilines is 1. The van der Waals surface area contributed by atoms with Crippen LogP contribution in [-0.4, -0.2) is 61.8 Å². The monoisotopic (exact) mass is 471 g/mol. The van der Waals surface area contributed by atoms with E-state index in [1.807, 2.05) is 0 Å². The van der Waals surface area contributed by atoms with E-state index in [1.165, 1.54) is 29.2 Å². The van der Waals surface area contributed by atoms with Crippen molar-refractivity contribution in [2.75, 3.05) is 31.6 Å². The number of sulfonamides is 1. The molecule has 2 amide bonds. The van der Waals surface area contributed by atoms with Crippen LogP contribution in [0, 0.1) is 5.82 Å². The molecule has 7 nitrogen and oxygen atoms in total. The van der Waals surface area contributed by atoms with Gasteiger partial charge in [0.25, 0.3) is 0 Å². The lowest BCUT2D eigenvalue weighted by Gasteiger charge is -2.44. The number of urea groups is 1. The summed E-state index contributed by atoms with van der Waals surface area (Å²) in [7, 11) is -3.98. The third kappa shape index (κ3) is 4.00. The fourth-order valence-corrected chi connectivity index (χ4v) is 5.81. The van der Waals surface area contributed by atoms with Crippen LogP contribution in [0.15, 0.2) is 53.4 Å². The summed E-state index contributed by atoms with van der Waals surface area (Å²) in [6.45, 7) is -0.200. The largest absolute Gasteiger partial charge is 0.355 e. The Kier molecular flexibility index (Phi) is 5.91. The molecule has 0 aliphatic carbocycles. The van der Waals surface area contributed by atoms with E-state index >= 15 is 4.39 Å². The van der Waals surface area contributed by atoms with Gasteiger partial charge in [0.2, 0.25) is 10.0 Å². The van der Waals surface area contributed by atoms with Crippen molar-refractivity contribution in [3.8, 4) is 0 Å². The third-order valence-corrected chi connectivity index (χ3v) is 7.70. The van der Waals surface area contributed by atoms with E-state index in [2.05, 4.69) is 5.32 Å². The van der Waals surface area contributed by atoms with E-state index in [0.29, 0.717) is 0 Å². The number of carbonyl (C=O) groups is 1. The first kappa shape index (κ1) is 21.9. The van der Waals surface area contributed by atoms with Gasteiger partial charge in [-0.1, -0.05) is 29.8 Å². The number of hydrogen-bond acceptors (Lipinski definition) is 4. The van der Waals surface area contributed by atoms with Crippen molar-refractivity contribution in [1.82, 2.24) is 9.21 Å². The highest BCUT2D eigenvalue weighted by atomic mass is 35.5. The molecule has 2 fully saturated rings. The van der Waals surface area contributed by atoms with Crippen molar-refractivity contribution < 1.29 is 26.7 Å². The standard InChI is InChI=1S/C20H20ClF2N3O4S/c21-16-12-14(6-7-17(16)22)24-19(27)25-9-8-20(18(23)13-25)26(10-11-30-20)31(28,29)15-4-2-1-3-5-15/h1-7,12,18H,8-11,13H2,(H,24,27). The first-order valence-corrected chi connectivity index (χ1v) is 11.4. The lowest BCUT2D eigenvalue weighted by Crippen LogP contribution is -2.63. The smallest absolute Gasteiger partial charge is 0.321 e. The van der Waals surface area contributed by atoms with Gasteiger partial charge in [-0.2, -0.15) is 4.31 Å². The number of likely N-dealkylation sites (tertiary alicyclic amines) is 1. The highest BCUT2D eigenvalue weighted by Gasteiger charge is 2.57. The number of nitrogens with zero attached hydrogens (tertiary/aromatic N) is 2. The van der Waals surface area contributed by atoms with Gasteiger partial charge in [0.1, 0.15) is 5.82 Å². The van der Waals surface area contributed by atoms with Gasteiger partial charge in [0.05, 0.1) is 23.1 Å². The second kappa shape index (κ2) is 8.34. The van der Waals surface area contributed by atoms with Crippen molar-refractivity contribution in [1.29, 1.82) is 0 Å². The maximum absolute atomic E-state index is 15.4. The van der Waals surface area contributed by atoms with Gasteiger partial charge in [-0.15, -0.1) is 0 Å². The zero-order valence-electron chi connectivity index (χ0n) is 16.3. The molecular weight excluding hydrogens is 452 g/mol. The highest BCUT2D eigenvalue weighted by Crippen LogP contribution is 2.40. The van der Waals surface area contributed by atoms with Crippen molar-refractivity contribution in [3.63, 3.8) is 0 Å². The average Bonchev–Trinajstić information content (AvgIpc) is 3.19. The van der Waals surface area contributed by atoms with Crippen molar-refractivity contribution in [2.24, 2.45) is 0 Å². The number of halogens is 3. The molecule has 2 aromatic rings. The van der Waals surface area contributed by atoms with Gasteiger partial charge < -0.3 is 15.0 Å². The summed E-state index contributed by atoms with van der Waals surface area (Å²) in [4.78, 5) is 13.8. The van der Waals surface area contributed by atoms with Gasteiger partial charge in [-0.3, -0.25) is 0 Å². The summed E-state index contributed by atoms with van der Waals surface area (Å²) in [5.74, 6) is -0.624. The summed E-state index contributed by atoms with van der Waals surface area (Å²) in [6, 6.07) is 10.9. The predicted molar refractivity (Wildman–Crippen MR) is 111 cm³/mol. The predicted octanol–water partition coefficient (Wildman–Crippen LogP) is 3.47. The Morgan fingerprint density at radius 3 is 2.61 bits per heavy atom. The van der Waals surface area contributed by atoms with Crippen molar-refractivity contribution in [2.45, 2.75) is 23.2 Å². The lowest BCUT2D eigenvalue weighted by molar-refractivity contribution is -0.134. The third-order valence-electron chi connectivity index (χ3n) is 5.47. The van der Waals surface area contributed by atoms with Crippen LogP contribution in [0.5, 0.6) is 0 Å². The number of rotatable bonds is 3. The second-order valence-electron chi connectivity index (χ2n) is 7.31. The van der Waals surface area contributed by atoms with Gasteiger partial charge in [-0.05, 0) is 30.3 Å². The molecule has 11 heteroatoms. The van der Waals surface area contributed by atoms with E-state index in [9.17, 15) is 17.6 Å². The van der Waals surface area contributed by atoms with Crippen LogP contribution in [-0.2, 0) is 14.8 Å². The van der Waals surface area contributed by atoms with E-state index in [-0.39, 0.29) is 48.3 Å². The Bertz CT molecular complexity index is 1090. The fourth-order valence-electron chi connectivity index (χ4n) is 3.89. The fraction of sp³-hybridized carbons (Fsp3) is 0.350. The molecule has 31 heavy (non-hydrogen) atoms. The van der Waals surface area contributed by atoms with Crippen LogP contribution in [0.1, 0.15) is 6.42 Å². The summed E-state index contributed by atoms with van der Waals surface area (Å²) in [5.41, 5.74) is -1.40. The second-order valence-corrected chi connectivity index (χ2v) is 9.58. The van der Waals surface area contributed by atoms with Crippen LogP contribution < -0.4 is 5.32 Å². The maximum atomic E-state index is 15.4. The number of hydrogen-bond donors (Lipinski definition) is 1. The summed E-state index contributed by atoms with van der Waals surface area (Å²) < 4.78 is 61.6. The molecule has 0 radical (unpaired) electrons. The normalized spacial score (nSPS) is 24.5. The van der Waals surface area contributed by atoms with E-state index in [1.54, 1.807) is 18.2 Å². The molecule has 166 valence electrons. The summed E-state index contributed by atoms with van der Waals surface area (Å²) in [5, 5.41) is 2.39. The molecule has 2 heterocycles. The SMILES string of the molecule is O=C(Nc1ccc(F)c(Cl)c1)N1CCC2(OCCN2S(=O)(=O)c2ccccc2)C(F)C1. The molecule has 2 aliphatic rings. The Morgan fingerprint density at radius 1 is 1.19 bits per heavy atom. The zero-order chi connectivity index (χ0) is 22.2. The molecule has 0 bridgehead atoms. The Labute approximate surface area is 183 Å². The minimum atomic E-state index is -3.98. The number of ether oxygens (including phenoxy) is 1. The van der Waals surface area contributed by atoms with E-state index < -0.39 is 33.8 Å². The zero-order valence-corrected chi connectivity index (χ0v) is 17.9. The van der Waals surface area contributed by atoms with E-state index in [4.69, 9.17) is 16.3 Å². The maximum Gasteiger partial charge on any atom is 0.321 e. The Hall–Kier alpha value is -2.27. The number of carbonyl (C=O) groups excluding carboxylic acids is 1. The van der Waals surface area contributed by atoms with Crippen LogP contribution in [0.3, 0.4) is 0 Å². The molecule has 2 aromatic carbocycles. The van der Waals surface area contributed by atoms with Crippen LogP contribution in [0.25, 0.3) is 0 Å². The molecule has 1 spiro atoms. The minimum Gasteiger partial charge on any atom is -0.355 e. The molecule has 2 atom stereocenters. The number of amides is 2. The topological polar surface area (TPSA) is 79.0 Å². The van der Waals surface area contributed by atoms with Gasteiger partial charge in [0, 0.05) is 25.2 Å². The number of nitrogens with one attached hydrogen (secondary N) is 1. The average molecular weight is 472 g/mol. The van der Waals surface area contributed by atoms with Crippen LogP contribution in [0.2, 0.25) is 5.02 Å². The first-order chi connectivity index (χ1) is 14.7. The molecule has 2 saturated heterocycles.